The van der Waals surface area contributed by atoms with Crippen molar-refractivity contribution in [2.45, 2.75) is 39.8 Å². The van der Waals surface area contributed by atoms with E-state index in [-0.39, 0.29) is 12.5 Å². The van der Waals surface area contributed by atoms with Crippen LogP contribution in [0.3, 0.4) is 0 Å². The minimum Gasteiger partial charge on any atom is -0.357 e. The molecule has 196 valence electrons. The van der Waals surface area contributed by atoms with Crippen molar-refractivity contribution in [3.63, 3.8) is 0 Å². The molecule has 0 saturated heterocycles. The predicted octanol–water partition coefficient (Wildman–Crippen LogP) is 3.76. The molecule has 0 aliphatic heterocycles. The van der Waals surface area contributed by atoms with Gasteiger partial charge in [0.05, 0.1) is 11.9 Å². The molecule has 1 atom stereocenters. The zero-order valence-electron chi connectivity index (χ0n) is 22.1. The summed E-state index contributed by atoms with van der Waals surface area (Å²) in [4.78, 5) is 28.5. The normalized spacial score (nSPS) is 12.0. The third-order valence-electron chi connectivity index (χ3n) is 6.30. The Morgan fingerprint density at radius 3 is 2.08 bits per heavy atom. The molecule has 0 spiro atoms. The average molecular weight is 522 g/mol. The lowest BCUT2D eigenvalue weighted by Crippen LogP contribution is -2.53. The molecular formula is C29H35N3O4S. The van der Waals surface area contributed by atoms with Gasteiger partial charge in [0.1, 0.15) is 12.6 Å². The minimum atomic E-state index is -3.79. The molecule has 0 saturated carbocycles. The second-order valence-electron chi connectivity index (χ2n) is 9.39. The van der Waals surface area contributed by atoms with E-state index in [1.807, 2.05) is 87.5 Å². The van der Waals surface area contributed by atoms with E-state index in [1.54, 1.807) is 6.07 Å². The van der Waals surface area contributed by atoms with E-state index >= 15 is 0 Å². The fourth-order valence-electron chi connectivity index (χ4n) is 4.19. The van der Waals surface area contributed by atoms with Crippen LogP contribution < -0.4 is 9.62 Å². The molecule has 3 aromatic carbocycles. The van der Waals surface area contributed by atoms with Gasteiger partial charge in [-0.2, -0.15) is 0 Å². The van der Waals surface area contributed by atoms with Gasteiger partial charge >= 0.3 is 0 Å². The molecular weight excluding hydrogens is 486 g/mol. The highest BCUT2D eigenvalue weighted by molar-refractivity contribution is 7.92. The van der Waals surface area contributed by atoms with Crippen LogP contribution in [-0.4, -0.2) is 51.0 Å². The SMILES string of the molecule is CNC(=O)C(Cc1ccccc1)N(Cc1ccc(C)cc1)C(=O)CN(c1cc(C)ccc1C)S(C)(=O)=O. The molecule has 0 aromatic heterocycles. The fourth-order valence-corrected chi connectivity index (χ4v) is 5.09. The molecule has 0 heterocycles. The van der Waals surface area contributed by atoms with Gasteiger partial charge in [-0.15, -0.1) is 0 Å². The lowest BCUT2D eigenvalue weighted by atomic mass is 10.0. The van der Waals surface area contributed by atoms with Gasteiger partial charge in [0.2, 0.25) is 21.8 Å². The van der Waals surface area contributed by atoms with Crippen molar-refractivity contribution in [3.05, 3.63) is 101 Å². The van der Waals surface area contributed by atoms with Crippen LogP contribution in [0.15, 0.2) is 72.8 Å². The smallest absolute Gasteiger partial charge is 0.244 e. The first-order valence-corrected chi connectivity index (χ1v) is 14.0. The van der Waals surface area contributed by atoms with Crippen molar-refractivity contribution in [2.75, 3.05) is 24.2 Å². The van der Waals surface area contributed by atoms with E-state index in [0.29, 0.717) is 12.1 Å². The number of benzene rings is 3. The maximum Gasteiger partial charge on any atom is 0.244 e. The number of hydrogen-bond acceptors (Lipinski definition) is 4. The van der Waals surface area contributed by atoms with Gasteiger partial charge in [-0.3, -0.25) is 13.9 Å². The number of nitrogens with zero attached hydrogens (tertiary/aromatic N) is 2. The Hall–Kier alpha value is -3.65. The summed E-state index contributed by atoms with van der Waals surface area (Å²) in [6, 6.07) is 21.8. The highest BCUT2D eigenvalue weighted by Gasteiger charge is 2.33. The number of hydrogen-bond donors (Lipinski definition) is 1. The summed E-state index contributed by atoms with van der Waals surface area (Å²) < 4.78 is 26.9. The maximum atomic E-state index is 13.9. The molecule has 8 heteroatoms. The van der Waals surface area contributed by atoms with Gasteiger partial charge < -0.3 is 10.2 Å². The molecule has 3 rings (SSSR count). The summed E-state index contributed by atoms with van der Waals surface area (Å²) in [5.41, 5.74) is 4.88. The van der Waals surface area contributed by atoms with E-state index in [1.165, 1.54) is 11.9 Å². The highest BCUT2D eigenvalue weighted by atomic mass is 32.2. The van der Waals surface area contributed by atoms with Gasteiger partial charge in [-0.1, -0.05) is 72.3 Å². The molecule has 2 amide bonds. The summed E-state index contributed by atoms with van der Waals surface area (Å²) >= 11 is 0. The Morgan fingerprint density at radius 1 is 0.865 bits per heavy atom. The van der Waals surface area contributed by atoms with Crippen molar-refractivity contribution in [3.8, 4) is 0 Å². The molecule has 37 heavy (non-hydrogen) atoms. The zero-order chi connectivity index (χ0) is 27.2. The number of anilines is 1. The van der Waals surface area contributed by atoms with Gasteiger partial charge in [0.25, 0.3) is 0 Å². The van der Waals surface area contributed by atoms with Crippen molar-refractivity contribution in [2.24, 2.45) is 0 Å². The number of carbonyl (C=O) groups is 2. The fraction of sp³-hybridized carbons (Fsp3) is 0.310. The lowest BCUT2D eigenvalue weighted by molar-refractivity contribution is -0.139. The topological polar surface area (TPSA) is 86.8 Å². The van der Waals surface area contributed by atoms with Crippen LogP contribution in [0.25, 0.3) is 0 Å². The maximum absolute atomic E-state index is 13.9. The van der Waals surface area contributed by atoms with Crippen LogP contribution >= 0.6 is 0 Å². The van der Waals surface area contributed by atoms with Crippen molar-refractivity contribution in [1.82, 2.24) is 10.2 Å². The molecule has 0 bridgehead atoms. The highest BCUT2D eigenvalue weighted by Crippen LogP contribution is 2.25. The largest absolute Gasteiger partial charge is 0.357 e. The van der Waals surface area contributed by atoms with Crippen LogP contribution in [-0.2, 0) is 32.6 Å². The van der Waals surface area contributed by atoms with Crippen molar-refractivity contribution >= 4 is 27.5 Å². The average Bonchev–Trinajstić information content (AvgIpc) is 2.86. The van der Waals surface area contributed by atoms with Gasteiger partial charge in [0, 0.05) is 20.0 Å². The third kappa shape index (κ3) is 7.43. The predicted molar refractivity (Wildman–Crippen MR) is 148 cm³/mol. The number of carbonyl (C=O) groups excluding carboxylic acids is 2. The molecule has 1 N–H and O–H groups in total. The number of likely N-dealkylation sites (N-methyl/N-ethyl adjacent to an activating group) is 1. The Bertz CT molecular complexity index is 1340. The first-order chi connectivity index (χ1) is 17.5. The number of aryl methyl sites for hydroxylation is 3. The third-order valence-corrected chi connectivity index (χ3v) is 7.43. The van der Waals surface area contributed by atoms with E-state index in [9.17, 15) is 18.0 Å². The number of rotatable bonds is 10. The second kappa shape index (κ2) is 12.1. The summed E-state index contributed by atoms with van der Waals surface area (Å²) in [5, 5.41) is 2.68. The summed E-state index contributed by atoms with van der Waals surface area (Å²) in [6.07, 6.45) is 1.38. The minimum absolute atomic E-state index is 0.161. The molecule has 0 radical (unpaired) electrons. The lowest BCUT2D eigenvalue weighted by Gasteiger charge is -2.33. The van der Waals surface area contributed by atoms with Crippen LogP contribution in [0.4, 0.5) is 5.69 Å². The zero-order valence-corrected chi connectivity index (χ0v) is 22.9. The van der Waals surface area contributed by atoms with Crippen LogP contribution in [0, 0.1) is 20.8 Å². The number of nitrogens with one attached hydrogen (secondary N) is 1. The first kappa shape index (κ1) is 27.9. The van der Waals surface area contributed by atoms with Crippen molar-refractivity contribution in [1.29, 1.82) is 0 Å². The molecule has 3 aromatic rings. The number of amides is 2. The van der Waals surface area contributed by atoms with Crippen LogP contribution in [0.5, 0.6) is 0 Å². The molecule has 0 fully saturated rings. The molecule has 7 nitrogen and oxygen atoms in total. The monoisotopic (exact) mass is 521 g/mol. The standard InChI is InChI=1S/C29H35N3O4S/c1-21-12-15-25(16-13-21)19-31(27(29(34)30-4)18-24-9-7-6-8-10-24)28(33)20-32(37(5,35)36)26-17-22(2)11-14-23(26)3/h6-17,27H,18-20H2,1-5H3,(H,30,34). The Kier molecular flexibility index (Phi) is 9.10. The molecule has 0 aliphatic rings. The van der Waals surface area contributed by atoms with Crippen LogP contribution in [0.2, 0.25) is 0 Å². The summed E-state index contributed by atoms with van der Waals surface area (Å²) in [6.45, 7) is 5.40. The van der Waals surface area contributed by atoms with Crippen molar-refractivity contribution < 1.29 is 18.0 Å². The Balaban J connectivity index is 2.04. The quantitative estimate of drug-likeness (QED) is 0.440. The first-order valence-electron chi connectivity index (χ1n) is 12.1. The second-order valence-corrected chi connectivity index (χ2v) is 11.3. The van der Waals surface area contributed by atoms with E-state index < -0.39 is 28.5 Å². The van der Waals surface area contributed by atoms with E-state index in [2.05, 4.69) is 5.32 Å². The number of sulfonamides is 1. The summed E-state index contributed by atoms with van der Waals surface area (Å²) in [7, 11) is -2.25. The van der Waals surface area contributed by atoms with Gasteiger partial charge in [-0.05, 0) is 49.1 Å². The summed E-state index contributed by atoms with van der Waals surface area (Å²) in [5.74, 6) is -0.779. The van der Waals surface area contributed by atoms with E-state index in [0.717, 1.165) is 38.4 Å². The Labute approximate surface area is 220 Å². The Morgan fingerprint density at radius 2 is 1.49 bits per heavy atom. The molecule has 1 unspecified atom stereocenters. The van der Waals surface area contributed by atoms with Gasteiger partial charge in [-0.25, -0.2) is 8.42 Å². The van der Waals surface area contributed by atoms with E-state index in [4.69, 9.17) is 0 Å². The van der Waals surface area contributed by atoms with Crippen LogP contribution in [0.1, 0.15) is 27.8 Å². The molecule has 0 aliphatic carbocycles. The van der Waals surface area contributed by atoms with Gasteiger partial charge in [0.15, 0.2) is 0 Å².